The molecule has 0 spiro atoms. The molecule has 9 heteroatoms. The zero-order chi connectivity index (χ0) is 17.1. The predicted octanol–water partition coefficient (Wildman–Crippen LogP) is 3.76. The minimum Gasteiger partial charge on any atom is -0.338 e. The molecule has 4 aromatic heterocycles. The van der Waals surface area contributed by atoms with Crippen LogP contribution in [0.4, 0.5) is 0 Å². The van der Waals surface area contributed by atoms with Crippen molar-refractivity contribution < 1.29 is 4.52 Å². The van der Waals surface area contributed by atoms with Gasteiger partial charge in [0.2, 0.25) is 11.7 Å². The highest BCUT2D eigenvalue weighted by Crippen LogP contribution is 2.26. The van der Waals surface area contributed by atoms with E-state index < -0.39 is 0 Å². The number of aromatic nitrogens is 6. The van der Waals surface area contributed by atoms with Crippen LogP contribution in [-0.4, -0.2) is 29.9 Å². The molecule has 0 atom stereocenters. The van der Waals surface area contributed by atoms with Gasteiger partial charge in [-0.25, -0.2) is 0 Å². The number of thioether (sulfide) groups is 1. The molecule has 0 amide bonds. The van der Waals surface area contributed by atoms with E-state index in [9.17, 15) is 0 Å². The van der Waals surface area contributed by atoms with E-state index in [1.165, 1.54) is 11.8 Å². The quantitative estimate of drug-likeness (QED) is 0.478. The summed E-state index contributed by atoms with van der Waals surface area (Å²) in [6, 6.07) is 5.83. The van der Waals surface area contributed by atoms with Crippen LogP contribution in [-0.2, 0) is 12.3 Å². The first-order valence-electron chi connectivity index (χ1n) is 7.66. The van der Waals surface area contributed by atoms with E-state index in [4.69, 9.17) is 4.52 Å². The summed E-state index contributed by atoms with van der Waals surface area (Å²) in [5.74, 6) is 2.57. The number of pyridine rings is 1. The molecule has 4 heterocycles. The molecule has 0 aliphatic rings. The van der Waals surface area contributed by atoms with E-state index in [0.717, 1.165) is 28.7 Å². The predicted molar refractivity (Wildman–Crippen MR) is 96.1 cm³/mol. The molecule has 0 radical (unpaired) electrons. The lowest BCUT2D eigenvalue weighted by molar-refractivity contribution is 0.391. The summed E-state index contributed by atoms with van der Waals surface area (Å²) >= 11 is 3.14. The zero-order valence-corrected chi connectivity index (χ0v) is 15.0. The van der Waals surface area contributed by atoms with Crippen molar-refractivity contribution in [3.05, 3.63) is 47.2 Å². The maximum absolute atomic E-state index is 5.33. The Morgan fingerprint density at radius 2 is 2.04 bits per heavy atom. The van der Waals surface area contributed by atoms with E-state index in [1.807, 2.05) is 29.0 Å². The fourth-order valence-corrected chi connectivity index (χ4v) is 3.82. The third-order valence-corrected chi connectivity index (χ3v) is 5.18. The van der Waals surface area contributed by atoms with Gasteiger partial charge >= 0.3 is 0 Å². The van der Waals surface area contributed by atoms with Crippen LogP contribution in [0.1, 0.15) is 12.8 Å². The average Bonchev–Trinajstić information content (AvgIpc) is 3.39. The molecule has 4 aromatic rings. The topological polar surface area (TPSA) is 82.5 Å². The van der Waals surface area contributed by atoms with Crippen molar-refractivity contribution in [2.75, 3.05) is 0 Å². The lowest BCUT2D eigenvalue weighted by atomic mass is 10.2. The number of nitrogens with zero attached hydrogens (tertiary/aromatic N) is 6. The van der Waals surface area contributed by atoms with Gasteiger partial charge in [0.25, 0.3) is 0 Å². The molecule has 0 saturated heterocycles. The third-order valence-electron chi connectivity index (χ3n) is 3.54. The molecule has 4 rings (SSSR count). The van der Waals surface area contributed by atoms with Crippen molar-refractivity contribution in [2.45, 2.75) is 24.4 Å². The van der Waals surface area contributed by atoms with E-state index in [-0.39, 0.29) is 0 Å². The maximum Gasteiger partial charge on any atom is 0.237 e. The molecular formula is C16H14N6OS2. The van der Waals surface area contributed by atoms with Gasteiger partial charge in [0.1, 0.15) is 0 Å². The summed E-state index contributed by atoms with van der Waals surface area (Å²) in [6.45, 7) is 2.84. The minimum atomic E-state index is 0.547. The summed E-state index contributed by atoms with van der Waals surface area (Å²) in [5.41, 5.74) is 1.97. The minimum absolute atomic E-state index is 0.547. The van der Waals surface area contributed by atoms with Crippen molar-refractivity contribution in [1.82, 2.24) is 29.9 Å². The fourth-order valence-electron chi connectivity index (χ4n) is 2.34. The van der Waals surface area contributed by atoms with Crippen molar-refractivity contribution >= 4 is 23.1 Å². The van der Waals surface area contributed by atoms with Gasteiger partial charge in [0, 0.05) is 35.4 Å². The number of hydrogen-bond donors (Lipinski definition) is 0. The summed E-state index contributed by atoms with van der Waals surface area (Å²) in [6.07, 6.45) is 3.50. The average molecular weight is 370 g/mol. The van der Waals surface area contributed by atoms with Gasteiger partial charge in [0.05, 0.1) is 5.75 Å². The summed E-state index contributed by atoms with van der Waals surface area (Å²) in [5, 5.41) is 17.5. The van der Waals surface area contributed by atoms with Crippen molar-refractivity contribution in [3.63, 3.8) is 0 Å². The molecule has 7 nitrogen and oxygen atoms in total. The molecule has 0 bridgehead atoms. The van der Waals surface area contributed by atoms with Gasteiger partial charge in [-0.15, -0.1) is 10.2 Å². The van der Waals surface area contributed by atoms with E-state index in [2.05, 4.69) is 36.8 Å². The molecule has 0 unspecified atom stereocenters. The third kappa shape index (κ3) is 3.33. The molecule has 0 fully saturated rings. The number of hydrogen-bond acceptors (Lipinski definition) is 8. The van der Waals surface area contributed by atoms with Gasteiger partial charge in [-0.05, 0) is 30.5 Å². The Hall–Kier alpha value is -2.52. The molecule has 0 aliphatic carbocycles. The van der Waals surface area contributed by atoms with Gasteiger partial charge in [-0.3, -0.25) is 4.98 Å². The van der Waals surface area contributed by atoms with Crippen molar-refractivity contribution in [3.8, 4) is 22.8 Å². The molecule has 0 aromatic carbocycles. The van der Waals surface area contributed by atoms with E-state index in [0.29, 0.717) is 17.5 Å². The van der Waals surface area contributed by atoms with Gasteiger partial charge in [-0.2, -0.15) is 16.3 Å². The normalized spacial score (nSPS) is 11.1. The largest absolute Gasteiger partial charge is 0.338 e. The highest BCUT2D eigenvalue weighted by molar-refractivity contribution is 7.98. The molecule has 0 saturated carbocycles. The van der Waals surface area contributed by atoms with Crippen LogP contribution in [0.3, 0.4) is 0 Å². The first-order valence-corrected chi connectivity index (χ1v) is 9.59. The Kier molecular flexibility index (Phi) is 4.57. The van der Waals surface area contributed by atoms with Gasteiger partial charge in [0.15, 0.2) is 11.0 Å². The monoisotopic (exact) mass is 370 g/mol. The Bertz CT molecular complexity index is 948. The lowest BCUT2D eigenvalue weighted by Gasteiger charge is -2.06. The maximum atomic E-state index is 5.33. The van der Waals surface area contributed by atoms with Crippen LogP contribution in [0, 0.1) is 0 Å². The van der Waals surface area contributed by atoms with Crippen LogP contribution >= 0.6 is 23.1 Å². The SMILES string of the molecule is CCn1c(SCc2nc(-c3ccsc3)no2)nnc1-c1ccncc1. The first-order chi connectivity index (χ1) is 12.3. The Morgan fingerprint density at radius 3 is 2.80 bits per heavy atom. The molecular weight excluding hydrogens is 356 g/mol. The van der Waals surface area contributed by atoms with Crippen LogP contribution in [0.25, 0.3) is 22.8 Å². The van der Waals surface area contributed by atoms with E-state index in [1.54, 1.807) is 23.7 Å². The van der Waals surface area contributed by atoms with Crippen LogP contribution in [0.5, 0.6) is 0 Å². The summed E-state index contributed by atoms with van der Waals surface area (Å²) in [7, 11) is 0. The molecule has 25 heavy (non-hydrogen) atoms. The molecule has 0 aliphatic heterocycles. The first kappa shape index (κ1) is 16.0. The second-order valence-corrected chi connectivity index (χ2v) is 6.82. The zero-order valence-electron chi connectivity index (χ0n) is 13.4. The second kappa shape index (κ2) is 7.16. The Labute approximate surface area is 152 Å². The van der Waals surface area contributed by atoms with Crippen molar-refractivity contribution in [2.24, 2.45) is 0 Å². The van der Waals surface area contributed by atoms with E-state index >= 15 is 0 Å². The molecule has 126 valence electrons. The lowest BCUT2D eigenvalue weighted by Crippen LogP contribution is -2.00. The Balaban J connectivity index is 1.51. The standard InChI is InChI=1S/C16H14N6OS2/c1-2-22-15(11-3-6-17-7-4-11)19-20-16(22)25-10-13-18-14(21-23-13)12-5-8-24-9-12/h3-9H,2,10H2,1H3. The van der Waals surface area contributed by atoms with Crippen LogP contribution < -0.4 is 0 Å². The number of rotatable bonds is 6. The fraction of sp³-hybridized carbons (Fsp3) is 0.188. The summed E-state index contributed by atoms with van der Waals surface area (Å²) in [4.78, 5) is 8.47. The van der Waals surface area contributed by atoms with Crippen LogP contribution in [0.2, 0.25) is 0 Å². The summed E-state index contributed by atoms with van der Waals surface area (Å²) < 4.78 is 7.40. The number of thiophene rings is 1. The van der Waals surface area contributed by atoms with Crippen molar-refractivity contribution in [1.29, 1.82) is 0 Å². The smallest absolute Gasteiger partial charge is 0.237 e. The highest BCUT2D eigenvalue weighted by Gasteiger charge is 2.15. The van der Waals surface area contributed by atoms with Gasteiger partial charge in [-0.1, -0.05) is 16.9 Å². The second-order valence-electron chi connectivity index (χ2n) is 5.10. The Morgan fingerprint density at radius 1 is 1.16 bits per heavy atom. The highest BCUT2D eigenvalue weighted by atomic mass is 32.2. The van der Waals surface area contributed by atoms with Crippen LogP contribution in [0.15, 0.2) is 51.0 Å². The molecule has 0 N–H and O–H groups in total. The van der Waals surface area contributed by atoms with Gasteiger partial charge < -0.3 is 9.09 Å².